The maximum atomic E-state index is 14.2. The molecular weight excluding hydrogens is 591 g/mol. The number of carboxylic acid groups (broad SMARTS) is 1. The summed E-state index contributed by atoms with van der Waals surface area (Å²) in [5, 5.41) is 17.6. The van der Waals surface area contributed by atoms with Crippen LogP contribution in [-0.4, -0.2) is 81.9 Å². The molecule has 2 saturated heterocycles. The van der Waals surface area contributed by atoms with E-state index in [4.69, 9.17) is 31.0 Å². The molecule has 2 aliphatic rings. The summed E-state index contributed by atoms with van der Waals surface area (Å²) in [6, 6.07) is 7.13. The summed E-state index contributed by atoms with van der Waals surface area (Å²) in [5.41, 5.74) is -4.28. The van der Waals surface area contributed by atoms with E-state index in [0.29, 0.717) is 0 Å². The third kappa shape index (κ3) is 8.80. The van der Waals surface area contributed by atoms with E-state index in [2.05, 4.69) is 0 Å². The second-order valence-corrected chi connectivity index (χ2v) is 10.0. The molecule has 0 unspecified atom stereocenters. The van der Waals surface area contributed by atoms with Crippen molar-refractivity contribution in [2.75, 3.05) is 32.7 Å². The van der Waals surface area contributed by atoms with Crippen molar-refractivity contribution in [2.45, 2.75) is 51.9 Å². The first kappa shape index (κ1) is 32.6. The monoisotopic (exact) mass is 626 g/mol. The van der Waals surface area contributed by atoms with E-state index in [1.54, 1.807) is 0 Å². The van der Waals surface area contributed by atoms with Gasteiger partial charge in [-0.05, 0) is 36.4 Å². The number of likely N-dealkylation sites (tertiary alicyclic amines) is 2. The number of piperidine rings is 2. The number of aliphatic hydroxyl groups is 1. The second-order valence-electron chi connectivity index (χ2n) is 9.19. The third-order valence-corrected chi connectivity index (χ3v) is 7.18. The number of hydrogen-bond acceptors (Lipinski definition) is 4. The Morgan fingerprint density at radius 1 is 0.805 bits per heavy atom. The number of carbonyl (C=O) groups excluding carboxylic acids is 2. The Morgan fingerprint density at radius 3 is 1.49 bits per heavy atom. The van der Waals surface area contributed by atoms with Crippen LogP contribution in [0.5, 0.6) is 0 Å². The number of hydrogen-bond donors (Lipinski definition) is 2. The van der Waals surface area contributed by atoms with Crippen LogP contribution in [0.2, 0.25) is 10.0 Å². The molecule has 2 aromatic carbocycles. The molecule has 0 saturated carbocycles. The molecule has 2 aliphatic heterocycles. The molecule has 0 aromatic heterocycles. The summed E-state index contributed by atoms with van der Waals surface area (Å²) in [6.45, 7) is -3.02. The molecule has 0 spiro atoms. The van der Waals surface area contributed by atoms with E-state index >= 15 is 0 Å². The first-order valence-electron chi connectivity index (χ1n) is 12.8. The van der Waals surface area contributed by atoms with Crippen molar-refractivity contribution in [2.24, 2.45) is 0 Å². The largest absolute Gasteiger partial charge is 0.479 e. The number of aliphatic carboxylic acids is 1. The lowest BCUT2D eigenvalue weighted by atomic mass is 9.93. The number of benzene rings is 2. The minimum Gasteiger partial charge on any atom is -0.479 e. The van der Waals surface area contributed by atoms with Crippen LogP contribution < -0.4 is 0 Å². The Bertz CT molecular complexity index is 1320. The molecule has 2 aromatic rings. The van der Waals surface area contributed by atoms with E-state index in [-0.39, 0.29) is 87.9 Å². The van der Waals surface area contributed by atoms with Crippen molar-refractivity contribution in [3.05, 3.63) is 69.2 Å². The highest BCUT2D eigenvalue weighted by Gasteiger charge is 2.43. The van der Waals surface area contributed by atoms with E-state index < -0.39 is 47.3 Å². The van der Waals surface area contributed by atoms with Gasteiger partial charge in [0.1, 0.15) is 17.3 Å². The van der Waals surface area contributed by atoms with Crippen molar-refractivity contribution in [3.63, 3.8) is 0 Å². The minimum absolute atomic E-state index is 0. The minimum atomic E-state index is -2.94. The van der Waals surface area contributed by atoms with E-state index in [1.165, 1.54) is 34.1 Å². The van der Waals surface area contributed by atoms with Gasteiger partial charge in [-0.1, -0.05) is 38.1 Å². The summed E-state index contributed by atoms with van der Waals surface area (Å²) in [5.74, 6) is -3.62. The number of carbonyl (C=O) groups is 3. The normalized spacial score (nSPS) is 18.3. The van der Waals surface area contributed by atoms with Crippen LogP contribution in [0, 0.1) is 11.6 Å². The van der Waals surface area contributed by atoms with Gasteiger partial charge < -0.3 is 20.0 Å². The number of alkyl halides is 2. The van der Waals surface area contributed by atoms with Gasteiger partial charge in [0.15, 0.2) is 0 Å². The second kappa shape index (κ2) is 14.8. The molecule has 0 atom stereocenters. The standard InChI is InChI=1S/C13H12ClF2NO3.C13H14ClF2NO2.2CH4/c14-9-7-8(1-2-10(9)15)11(18)17-5-3-13(16,4-6-17)12(19)20;14-10-7-9(1-2-11(10)15)12(19)17-5-3-13(16,8-18)4-6-17;;/h1-2,7H,3-6H2,(H,19,20);1-2,7,18H,3-6,8H2;2*1H4/i;8D2;;. The highest BCUT2D eigenvalue weighted by Crippen LogP contribution is 2.29. The van der Waals surface area contributed by atoms with E-state index in [9.17, 15) is 37.1 Å². The Balaban J connectivity index is 0.000000411. The summed E-state index contributed by atoms with van der Waals surface area (Å²) >= 11 is 11.2. The predicted molar refractivity (Wildman–Crippen MR) is 149 cm³/mol. The fourth-order valence-corrected chi connectivity index (χ4v) is 4.44. The molecule has 228 valence electrons. The maximum absolute atomic E-state index is 14.2. The van der Waals surface area contributed by atoms with Gasteiger partial charge >= 0.3 is 5.97 Å². The topological polar surface area (TPSA) is 98.2 Å². The molecule has 0 radical (unpaired) electrons. The smallest absolute Gasteiger partial charge is 0.341 e. The van der Waals surface area contributed by atoms with Crippen LogP contribution >= 0.6 is 23.2 Å². The van der Waals surface area contributed by atoms with Gasteiger partial charge in [0.05, 0.1) is 19.3 Å². The summed E-state index contributed by atoms with van der Waals surface area (Å²) < 4.78 is 68.3. The SMILES string of the molecule is C.C.O=C(c1ccc(F)c(Cl)c1)N1CCC(F)(C(=O)O)CC1.[2H]C([2H])(O)C1(F)CCN(C(=O)c2ccc(F)c(Cl)c2)CC1. The molecule has 2 heterocycles. The molecule has 4 rings (SSSR count). The molecule has 13 heteroatoms. The van der Waals surface area contributed by atoms with Crippen LogP contribution in [0.15, 0.2) is 36.4 Å². The van der Waals surface area contributed by atoms with E-state index in [1.807, 2.05) is 0 Å². The zero-order valence-corrected chi connectivity index (χ0v) is 21.9. The number of carboxylic acids is 1. The first-order chi connectivity index (χ1) is 19.0. The van der Waals surface area contributed by atoms with Crippen LogP contribution in [-0.2, 0) is 4.79 Å². The predicted octanol–water partition coefficient (Wildman–Crippen LogP) is 6.20. The zero-order valence-electron chi connectivity index (χ0n) is 22.4. The van der Waals surface area contributed by atoms with Gasteiger partial charge in [-0.3, -0.25) is 9.59 Å². The maximum Gasteiger partial charge on any atom is 0.341 e. The highest BCUT2D eigenvalue weighted by molar-refractivity contribution is 6.31. The Labute approximate surface area is 249 Å². The molecule has 2 amide bonds. The summed E-state index contributed by atoms with van der Waals surface area (Å²) in [7, 11) is 0. The van der Waals surface area contributed by atoms with Crippen molar-refractivity contribution in [3.8, 4) is 0 Å². The Kier molecular flexibility index (Phi) is 11.8. The molecule has 0 aliphatic carbocycles. The number of nitrogens with zero attached hydrogens (tertiary/aromatic N) is 2. The Hall–Kier alpha value is -2.89. The summed E-state index contributed by atoms with van der Waals surface area (Å²) in [4.78, 5) is 37.7. The molecular formula is C28H34Cl2F4N2O5. The molecule has 0 bridgehead atoms. The zero-order chi connectivity index (χ0) is 30.8. The fourth-order valence-electron chi connectivity index (χ4n) is 4.08. The first-order valence-corrected chi connectivity index (χ1v) is 12.6. The number of amides is 2. The van der Waals surface area contributed by atoms with Crippen molar-refractivity contribution >= 4 is 41.0 Å². The van der Waals surface area contributed by atoms with Crippen molar-refractivity contribution < 1.29 is 44.9 Å². The van der Waals surface area contributed by atoms with Crippen molar-refractivity contribution in [1.29, 1.82) is 0 Å². The van der Waals surface area contributed by atoms with Gasteiger partial charge in [0.25, 0.3) is 11.8 Å². The quantitative estimate of drug-likeness (QED) is 0.394. The van der Waals surface area contributed by atoms with Gasteiger partial charge in [-0.25, -0.2) is 22.4 Å². The number of rotatable bonds is 4. The number of halogens is 6. The molecule has 2 fully saturated rings. The van der Waals surface area contributed by atoms with Crippen LogP contribution in [0.3, 0.4) is 0 Å². The van der Waals surface area contributed by atoms with Gasteiger partial charge in [-0.15, -0.1) is 0 Å². The Morgan fingerprint density at radius 2 is 1.17 bits per heavy atom. The van der Waals surface area contributed by atoms with Gasteiger partial charge in [-0.2, -0.15) is 0 Å². The van der Waals surface area contributed by atoms with Crippen LogP contribution in [0.4, 0.5) is 17.6 Å². The average molecular weight is 627 g/mol. The van der Waals surface area contributed by atoms with E-state index in [0.717, 1.165) is 12.1 Å². The average Bonchev–Trinajstić information content (AvgIpc) is 2.91. The van der Waals surface area contributed by atoms with Gasteiger partial charge in [0.2, 0.25) is 5.67 Å². The molecule has 2 N–H and O–H groups in total. The molecule has 7 nitrogen and oxygen atoms in total. The lowest BCUT2D eigenvalue weighted by molar-refractivity contribution is -0.153. The van der Waals surface area contributed by atoms with Crippen LogP contribution in [0.1, 0.15) is 64.0 Å². The third-order valence-electron chi connectivity index (χ3n) is 6.60. The molecule has 41 heavy (non-hydrogen) atoms. The fraction of sp³-hybridized carbons (Fsp3) is 0.464. The lowest BCUT2D eigenvalue weighted by Gasteiger charge is -2.35. The highest BCUT2D eigenvalue weighted by atomic mass is 35.5. The van der Waals surface area contributed by atoms with Crippen LogP contribution in [0.25, 0.3) is 0 Å². The van der Waals surface area contributed by atoms with Gasteiger partial charge in [0, 0.05) is 63.0 Å². The van der Waals surface area contributed by atoms with Crippen molar-refractivity contribution in [1.82, 2.24) is 9.80 Å². The lowest BCUT2D eigenvalue weighted by Crippen LogP contribution is -2.48. The summed E-state index contributed by atoms with van der Waals surface area (Å²) in [6.07, 6.45) is -1.14.